The van der Waals surface area contributed by atoms with Crippen LogP contribution >= 0.6 is 11.6 Å². The molecule has 1 atom stereocenters. The quantitative estimate of drug-likeness (QED) is 0.904. The van der Waals surface area contributed by atoms with Crippen LogP contribution in [0.25, 0.3) is 17.4 Å². The van der Waals surface area contributed by atoms with Crippen molar-refractivity contribution in [2.75, 3.05) is 14.2 Å². The lowest BCUT2D eigenvalue weighted by molar-refractivity contribution is 0.339. The second-order valence-electron chi connectivity index (χ2n) is 5.26. The van der Waals surface area contributed by atoms with E-state index in [-0.39, 0.29) is 6.29 Å². The highest BCUT2D eigenvalue weighted by atomic mass is 35.5. The van der Waals surface area contributed by atoms with Crippen LogP contribution in [0.2, 0.25) is 5.02 Å². The Balaban J connectivity index is 1.87. The van der Waals surface area contributed by atoms with Gasteiger partial charge in [0.25, 0.3) is 0 Å². The monoisotopic (exact) mass is 331 g/mol. The van der Waals surface area contributed by atoms with Gasteiger partial charge in [0, 0.05) is 18.7 Å². The summed E-state index contributed by atoms with van der Waals surface area (Å²) >= 11 is 6.16. The van der Waals surface area contributed by atoms with Crippen molar-refractivity contribution in [1.82, 2.24) is 10.2 Å². The van der Waals surface area contributed by atoms with Crippen LogP contribution in [0.3, 0.4) is 0 Å². The first-order valence-corrected chi connectivity index (χ1v) is 7.47. The number of rotatable bonds is 3. The highest BCUT2D eigenvalue weighted by Gasteiger charge is 2.23. The van der Waals surface area contributed by atoms with E-state index in [2.05, 4.69) is 11.9 Å². The number of nitrogens with zero attached hydrogens (tertiary/aromatic N) is 1. The number of hydrogen-bond acceptors (Lipinski definition) is 5. The highest BCUT2D eigenvalue weighted by molar-refractivity contribution is 6.32. The summed E-state index contributed by atoms with van der Waals surface area (Å²) in [5.74, 6) is 2.06. The predicted octanol–water partition coefficient (Wildman–Crippen LogP) is 3.24. The maximum Gasteiger partial charge on any atom is 0.152 e. The molecule has 0 radical (unpaired) electrons. The molecule has 6 heteroatoms. The topological polar surface area (TPSA) is 63.7 Å². The molecular formula is C17H18ClN3O2. The highest BCUT2D eigenvalue weighted by Crippen LogP contribution is 2.31. The summed E-state index contributed by atoms with van der Waals surface area (Å²) in [5.41, 5.74) is 8.45. The van der Waals surface area contributed by atoms with Gasteiger partial charge < -0.3 is 19.4 Å². The summed E-state index contributed by atoms with van der Waals surface area (Å²) < 4.78 is 11.0. The van der Waals surface area contributed by atoms with E-state index in [1.54, 1.807) is 7.11 Å². The van der Waals surface area contributed by atoms with Crippen LogP contribution in [0.1, 0.15) is 5.76 Å². The minimum absolute atomic E-state index is 0.274. The van der Waals surface area contributed by atoms with Crippen LogP contribution in [0.4, 0.5) is 0 Å². The number of benzene rings is 1. The average Bonchev–Trinajstić information content (AvgIpc) is 3.09. The van der Waals surface area contributed by atoms with Gasteiger partial charge in [0.05, 0.1) is 23.5 Å². The van der Waals surface area contributed by atoms with Gasteiger partial charge in [-0.3, -0.25) is 5.73 Å². The third-order valence-corrected chi connectivity index (χ3v) is 4.10. The fourth-order valence-corrected chi connectivity index (χ4v) is 2.63. The summed E-state index contributed by atoms with van der Waals surface area (Å²) in [6.07, 6.45) is 1.60. The first kappa shape index (κ1) is 15.5. The van der Waals surface area contributed by atoms with Crippen molar-refractivity contribution in [3.8, 4) is 17.1 Å². The van der Waals surface area contributed by atoms with Gasteiger partial charge in [0.15, 0.2) is 6.29 Å². The number of hydrogen-bond donors (Lipinski definition) is 2. The lowest BCUT2D eigenvalue weighted by Gasteiger charge is -2.15. The number of nitrogens with two attached hydrogens (primary N) is 1. The lowest BCUT2D eigenvalue weighted by Crippen LogP contribution is -2.40. The van der Waals surface area contributed by atoms with E-state index in [4.69, 9.17) is 26.5 Å². The van der Waals surface area contributed by atoms with Crippen LogP contribution < -0.4 is 15.8 Å². The molecule has 2 heterocycles. The number of methoxy groups -OCH3 is 1. The molecule has 0 saturated carbocycles. The van der Waals surface area contributed by atoms with Gasteiger partial charge in [-0.2, -0.15) is 0 Å². The molecule has 1 aliphatic rings. The maximum atomic E-state index is 6.16. The van der Waals surface area contributed by atoms with E-state index in [9.17, 15) is 0 Å². The Kier molecular flexibility index (Phi) is 4.07. The van der Waals surface area contributed by atoms with Crippen LogP contribution in [-0.4, -0.2) is 25.3 Å². The largest absolute Gasteiger partial charge is 0.495 e. The number of ether oxygens (including phenoxy) is 1. The van der Waals surface area contributed by atoms with Crippen LogP contribution in [-0.2, 0) is 0 Å². The Morgan fingerprint density at radius 2 is 2.17 bits per heavy atom. The van der Waals surface area contributed by atoms with E-state index in [0.717, 1.165) is 22.7 Å². The van der Waals surface area contributed by atoms with Crippen molar-refractivity contribution in [3.05, 3.63) is 59.1 Å². The molecule has 1 aliphatic heterocycles. The SMILES string of the molecule is C=C1/C(=C\c2ccc(-c3ccc(OC)c(Cl)c3)o2)NC(N)N1C. The Bertz CT molecular complexity index is 782. The van der Waals surface area contributed by atoms with Gasteiger partial charge in [-0.1, -0.05) is 18.2 Å². The number of nitrogens with one attached hydrogen (secondary N) is 1. The molecule has 23 heavy (non-hydrogen) atoms. The number of halogens is 1. The predicted molar refractivity (Wildman–Crippen MR) is 91.7 cm³/mol. The number of furan rings is 1. The Morgan fingerprint density at radius 1 is 1.39 bits per heavy atom. The lowest BCUT2D eigenvalue weighted by atomic mass is 10.1. The van der Waals surface area contributed by atoms with Gasteiger partial charge in [-0.05, 0) is 30.3 Å². The van der Waals surface area contributed by atoms with E-state index in [0.29, 0.717) is 16.5 Å². The molecule has 0 spiro atoms. The summed E-state index contributed by atoms with van der Waals surface area (Å²) in [6.45, 7) is 4.00. The van der Waals surface area contributed by atoms with Crippen LogP contribution in [0.15, 0.2) is 52.7 Å². The van der Waals surface area contributed by atoms with Crippen LogP contribution in [0.5, 0.6) is 5.75 Å². The molecule has 0 bridgehead atoms. The van der Waals surface area contributed by atoms with E-state index in [1.165, 1.54) is 0 Å². The van der Waals surface area contributed by atoms with Gasteiger partial charge in [-0.15, -0.1) is 0 Å². The van der Waals surface area contributed by atoms with Crippen molar-refractivity contribution >= 4 is 17.7 Å². The third kappa shape index (κ3) is 2.93. The molecule has 2 aromatic rings. The molecule has 5 nitrogen and oxygen atoms in total. The minimum atomic E-state index is -0.274. The molecule has 3 rings (SSSR count). The summed E-state index contributed by atoms with van der Waals surface area (Å²) in [6, 6.07) is 9.31. The van der Waals surface area contributed by atoms with Crippen molar-refractivity contribution in [2.45, 2.75) is 6.29 Å². The van der Waals surface area contributed by atoms with E-state index in [1.807, 2.05) is 48.4 Å². The first-order chi connectivity index (χ1) is 11.0. The standard InChI is InChI=1S/C17H18ClN3O2/c1-10-14(20-17(19)21(10)2)9-12-5-7-15(23-12)11-4-6-16(22-3)13(18)8-11/h4-9,17,20H,1,19H2,2-3H3/b14-9+. The number of likely N-dealkylation sites (N-methyl/N-ethyl adjacent to an activating group) is 1. The molecule has 0 aliphatic carbocycles. The third-order valence-electron chi connectivity index (χ3n) is 3.81. The molecular weight excluding hydrogens is 314 g/mol. The average molecular weight is 332 g/mol. The summed E-state index contributed by atoms with van der Waals surface area (Å²) in [5, 5.41) is 3.68. The Hall–Kier alpha value is -2.37. The van der Waals surface area contributed by atoms with E-state index < -0.39 is 0 Å². The van der Waals surface area contributed by atoms with Crippen molar-refractivity contribution in [2.24, 2.45) is 5.73 Å². The van der Waals surface area contributed by atoms with Crippen molar-refractivity contribution < 1.29 is 9.15 Å². The van der Waals surface area contributed by atoms with Crippen LogP contribution in [0, 0.1) is 0 Å². The summed E-state index contributed by atoms with van der Waals surface area (Å²) in [4.78, 5) is 1.86. The smallest absolute Gasteiger partial charge is 0.152 e. The van der Waals surface area contributed by atoms with E-state index >= 15 is 0 Å². The zero-order valence-corrected chi connectivity index (χ0v) is 13.7. The molecule has 120 valence electrons. The molecule has 0 amide bonds. The van der Waals surface area contributed by atoms with Crippen molar-refractivity contribution in [1.29, 1.82) is 0 Å². The van der Waals surface area contributed by atoms with Gasteiger partial charge >= 0.3 is 0 Å². The molecule has 1 saturated heterocycles. The Morgan fingerprint density at radius 3 is 2.78 bits per heavy atom. The molecule has 1 fully saturated rings. The first-order valence-electron chi connectivity index (χ1n) is 7.09. The summed E-state index contributed by atoms with van der Waals surface area (Å²) in [7, 11) is 3.47. The maximum absolute atomic E-state index is 6.16. The van der Waals surface area contributed by atoms with Crippen molar-refractivity contribution in [3.63, 3.8) is 0 Å². The molecule has 1 aromatic heterocycles. The van der Waals surface area contributed by atoms with Gasteiger partial charge in [0.2, 0.25) is 0 Å². The molecule has 1 unspecified atom stereocenters. The van der Waals surface area contributed by atoms with Gasteiger partial charge in [0.1, 0.15) is 17.3 Å². The second kappa shape index (κ2) is 6.02. The zero-order valence-electron chi connectivity index (χ0n) is 13.0. The fraction of sp³-hybridized carbons (Fsp3) is 0.176. The van der Waals surface area contributed by atoms with Gasteiger partial charge in [-0.25, -0.2) is 0 Å². The second-order valence-corrected chi connectivity index (χ2v) is 5.66. The fourth-order valence-electron chi connectivity index (χ4n) is 2.37. The normalized spacial score (nSPS) is 19.3. The minimum Gasteiger partial charge on any atom is -0.495 e. The Labute approximate surface area is 140 Å². The zero-order chi connectivity index (χ0) is 16.6. The molecule has 1 aromatic carbocycles. The molecule has 3 N–H and O–H groups in total.